The van der Waals surface area contributed by atoms with Crippen molar-refractivity contribution in [3.05, 3.63) is 58.4 Å². The van der Waals surface area contributed by atoms with Crippen LogP contribution in [0.3, 0.4) is 0 Å². The fourth-order valence-electron chi connectivity index (χ4n) is 2.22. The van der Waals surface area contributed by atoms with Crippen LogP contribution in [0.2, 0.25) is 0 Å². The molecule has 2 rings (SSSR count). The lowest BCUT2D eigenvalue weighted by Crippen LogP contribution is -2.07. The molecule has 0 saturated heterocycles. The molecule has 0 bridgehead atoms. The zero-order chi connectivity index (χ0) is 15.4. The van der Waals surface area contributed by atoms with Crippen LogP contribution in [-0.4, -0.2) is 28.6 Å². The lowest BCUT2D eigenvalue weighted by molar-refractivity contribution is 0.0519. The molecule has 0 aliphatic rings. The SMILES string of the molecule is CCOC(=O)c1[nH]cc(Cc2ccccc2C(=O)O)c1C. The van der Waals surface area contributed by atoms with Gasteiger partial charge in [0.15, 0.2) is 0 Å². The zero-order valence-electron chi connectivity index (χ0n) is 12.0. The van der Waals surface area contributed by atoms with E-state index in [2.05, 4.69) is 4.98 Å². The van der Waals surface area contributed by atoms with Crippen LogP contribution in [0.4, 0.5) is 0 Å². The maximum atomic E-state index is 11.8. The number of carbonyl (C=O) groups excluding carboxylic acids is 1. The Morgan fingerprint density at radius 1 is 1.24 bits per heavy atom. The highest BCUT2D eigenvalue weighted by atomic mass is 16.5. The van der Waals surface area contributed by atoms with E-state index in [-0.39, 0.29) is 5.56 Å². The number of benzene rings is 1. The van der Waals surface area contributed by atoms with E-state index in [0.29, 0.717) is 24.3 Å². The second-order valence-corrected chi connectivity index (χ2v) is 4.67. The highest BCUT2D eigenvalue weighted by Gasteiger charge is 2.17. The van der Waals surface area contributed by atoms with Crippen LogP contribution in [0.1, 0.15) is 44.5 Å². The van der Waals surface area contributed by atoms with E-state index in [4.69, 9.17) is 4.74 Å². The van der Waals surface area contributed by atoms with Gasteiger partial charge in [-0.2, -0.15) is 0 Å². The topological polar surface area (TPSA) is 79.4 Å². The molecule has 1 aromatic carbocycles. The van der Waals surface area contributed by atoms with Crippen molar-refractivity contribution in [1.82, 2.24) is 4.98 Å². The zero-order valence-corrected chi connectivity index (χ0v) is 12.0. The third-order valence-electron chi connectivity index (χ3n) is 3.36. The van der Waals surface area contributed by atoms with Gasteiger partial charge in [0.1, 0.15) is 5.69 Å². The molecule has 2 aromatic rings. The Kier molecular flexibility index (Phi) is 4.42. The summed E-state index contributed by atoms with van der Waals surface area (Å²) in [6.07, 6.45) is 2.17. The van der Waals surface area contributed by atoms with Crippen molar-refractivity contribution in [1.29, 1.82) is 0 Å². The fourth-order valence-corrected chi connectivity index (χ4v) is 2.22. The van der Waals surface area contributed by atoms with E-state index >= 15 is 0 Å². The van der Waals surface area contributed by atoms with Gasteiger partial charge in [-0.1, -0.05) is 18.2 Å². The number of aromatic amines is 1. The molecule has 110 valence electrons. The molecule has 0 spiro atoms. The van der Waals surface area contributed by atoms with Gasteiger partial charge in [-0.25, -0.2) is 9.59 Å². The van der Waals surface area contributed by atoms with Gasteiger partial charge >= 0.3 is 11.9 Å². The van der Waals surface area contributed by atoms with Crippen LogP contribution in [0.5, 0.6) is 0 Å². The van der Waals surface area contributed by atoms with Crippen molar-refractivity contribution in [2.24, 2.45) is 0 Å². The second kappa shape index (κ2) is 6.26. The first kappa shape index (κ1) is 14.8. The number of carboxylic acid groups (broad SMARTS) is 1. The number of aromatic carboxylic acids is 1. The van der Waals surface area contributed by atoms with Gasteiger partial charge in [0, 0.05) is 12.6 Å². The Labute approximate surface area is 122 Å². The summed E-state index contributed by atoms with van der Waals surface area (Å²) in [7, 11) is 0. The Hall–Kier alpha value is -2.56. The molecular formula is C16H17NO4. The summed E-state index contributed by atoms with van der Waals surface area (Å²) in [5.74, 6) is -1.35. The van der Waals surface area contributed by atoms with E-state index in [1.807, 2.05) is 6.92 Å². The number of nitrogens with one attached hydrogen (secondary N) is 1. The Morgan fingerprint density at radius 2 is 1.95 bits per heavy atom. The minimum atomic E-state index is -0.954. The van der Waals surface area contributed by atoms with Crippen molar-refractivity contribution in [2.75, 3.05) is 6.61 Å². The number of carboxylic acids is 1. The smallest absolute Gasteiger partial charge is 0.355 e. The minimum absolute atomic E-state index is 0.274. The molecule has 0 saturated carbocycles. The van der Waals surface area contributed by atoms with Crippen molar-refractivity contribution >= 4 is 11.9 Å². The maximum absolute atomic E-state index is 11.8. The molecule has 0 aliphatic heterocycles. The summed E-state index contributed by atoms with van der Waals surface area (Å²) >= 11 is 0. The van der Waals surface area contributed by atoms with Gasteiger partial charge in [-0.15, -0.1) is 0 Å². The van der Waals surface area contributed by atoms with Gasteiger partial charge in [-0.05, 0) is 36.6 Å². The summed E-state index contributed by atoms with van der Waals surface area (Å²) in [6, 6.07) is 6.85. The van der Waals surface area contributed by atoms with E-state index in [0.717, 1.165) is 11.1 Å². The molecule has 2 N–H and O–H groups in total. The first-order valence-corrected chi connectivity index (χ1v) is 6.69. The molecule has 0 fully saturated rings. The monoisotopic (exact) mass is 287 g/mol. The quantitative estimate of drug-likeness (QED) is 0.829. The standard InChI is InChI=1S/C16H17NO4/c1-3-21-16(20)14-10(2)12(9-17-14)8-11-6-4-5-7-13(11)15(18)19/h4-7,9,17H,3,8H2,1-2H3,(H,18,19). The number of carbonyl (C=O) groups is 2. The molecule has 0 atom stereocenters. The molecule has 5 nitrogen and oxygen atoms in total. The number of H-pyrrole nitrogens is 1. The summed E-state index contributed by atoms with van der Waals surface area (Å²) in [5, 5.41) is 9.19. The van der Waals surface area contributed by atoms with Crippen molar-refractivity contribution in [2.45, 2.75) is 20.3 Å². The lowest BCUT2D eigenvalue weighted by Gasteiger charge is -2.06. The first-order valence-electron chi connectivity index (χ1n) is 6.69. The molecule has 0 radical (unpaired) electrons. The largest absolute Gasteiger partial charge is 0.478 e. The molecule has 0 unspecified atom stereocenters. The second-order valence-electron chi connectivity index (χ2n) is 4.67. The van der Waals surface area contributed by atoms with Crippen LogP contribution in [0.15, 0.2) is 30.5 Å². The maximum Gasteiger partial charge on any atom is 0.355 e. The molecule has 0 aliphatic carbocycles. The number of rotatable bonds is 5. The van der Waals surface area contributed by atoms with Gasteiger partial charge in [0.05, 0.1) is 12.2 Å². The van der Waals surface area contributed by atoms with Gasteiger partial charge < -0.3 is 14.8 Å². The Morgan fingerprint density at radius 3 is 2.62 bits per heavy atom. The highest BCUT2D eigenvalue weighted by molar-refractivity contribution is 5.90. The van der Waals surface area contributed by atoms with Crippen LogP contribution >= 0.6 is 0 Å². The summed E-state index contributed by atoms with van der Waals surface area (Å²) in [6.45, 7) is 3.89. The van der Waals surface area contributed by atoms with Crippen molar-refractivity contribution in [3.8, 4) is 0 Å². The van der Waals surface area contributed by atoms with Crippen LogP contribution in [0.25, 0.3) is 0 Å². The van der Waals surface area contributed by atoms with Crippen LogP contribution in [-0.2, 0) is 11.2 Å². The average molecular weight is 287 g/mol. The summed E-state index contributed by atoms with van der Waals surface area (Å²) < 4.78 is 4.97. The Bertz CT molecular complexity index is 673. The number of esters is 1. The summed E-state index contributed by atoms with van der Waals surface area (Å²) in [4.78, 5) is 25.9. The highest BCUT2D eigenvalue weighted by Crippen LogP contribution is 2.20. The van der Waals surface area contributed by atoms with E-state index in [1.165, 1.54) is 0 Å². The first-order chi connectivity index (χ1) is 10.0. The molecule has 1 aromatic heterocycles. The van der Waals surface area contributed by atoms with E-state index < -0.39 is 11.9 Å². The number of hydrogen-bond donors (Lipinski definition) is 2. The number of hydrogen-bond acceptors (Lipinski definition) is 3. The third kappa shape index (κ3) is 3.13. The molecule has 5 heteroatoms. The molecular weight excluding hydrogens is 270 g/mol. The predicted octanol–water partition coefficient (Wildman–Crippen LogP) is 2.79. The van der Waals surface area contributed by atoms with E-state index in [9.17, 15) is 14.7 Å². The third-order valence-corrected chi connectivity index (χ3v) is 3.36. The van der Waals surface area contributed by atoms with Gasteiger partial charge in [-0.3, -0.25) is 0 Å². The Balaban J connectivity index is 2.29. The van der Waals surface area contributed by atoms with Crippen LogP contribution < -0.4 is 0 Å². The van der Waals surface area contributed by atoms with Crippen LogP contribution in [0, 0.1) is 6.92 Å². The van der Waals surface area contributed by atoms with Crippen molar-refractivity contribution < 1.29 is 19.4 Å². The van der Waals surface area contributed by atoms with Gasteiger partial charge in [0.2, 0.25) is 0 Å². The molecule has 1 heterocycles. The average Bonchev–Trinajstić information content (AvgIpc) is 2.81. The number of aromatic nitrogens is 1. The molecule has 21 heavy (non-hydrogen) atoms. The summed E-state index contributed by atoms with van der Waals surface area (Å²) in [5.41, 5.74) is 3.07. The van der Waals surface area contributed by atoms with Crippen molar-refractivity contribution in [3.63, 3.8) is 0 Å². The lowest BCUT2D eigenvalue weighted by atomic mass is 9.99. The minimum Gasteiger partial charge on any atom is -0.478 e. The number of ether oxygens (including phenoxy) is 1. The molecule has 0 amide bonds. The van der Waals surface area contributed by atoms with Gasteiger partial charge in [0.25, 0.3) is 0 Å². The fraction of sp³-hybridized carbons (Fsp3) is 0.250. The predicted molar refractivity (Wildman–Crippen MR) is 77.7 cm³/mol. The van der Waals surface area contributed by atoms with E-state index in [1.54, 1.807) is 37.4 Å². The normalized spacial score (nSPS) is 10.4.